The van der Waals surface area contributed by atoms with Gasteiger partial charge in [-0.05, 0) is 25.1 Å². The van der Waals surface area contributed by atoms with Gasteiger partial charge in [-0.15, -0.1) is 5.10 Å². The lowest BCUT2D eigenvalue weighted by molar-refractivity contribution is -0.120. The second-order valence-electron chi connectivity index (χ2n) is 3.43. The largest absolute Gasteiger partial charge is 0.300 e. The minimum absolute atomic E-state index is 0.0465. The summed E-state index contributed by atoms with van der Waals surface area (Å²) in [6, 6.07) is 0. The van der Waals surface area contributed by atoms with Gasteiger partial charge in [-0.3, -0.25) is 9.89 Å². The predicted molar refractivity (Wildman–Crippen MR) is 53.3 cm³/mol. The van der Waals surface area contributed by atoms with Gasteiger partial charge in [-0.2, -0.15) is 0 Å². The van der Waals surface area contributed by atoms with Crippen LogP contribution in [0.4, 0.5) is 5.13 Å². The number of H-pyrrole nitrogens is 1. The van der Waals surface area contributed by atoms with Crippen LogP contribution in [0.1, 0.15) is 19.8 Å². The lowest BCUT2D eigenvalue weighted by Crippen LogP contribution is -2.21. The molecule has 0 aromatic carbocycles. The summed E-state index contributed by atoms with van der Waals surface area (Å²) in [6.45, 7) is 1.95. The lowest BCUT2D eigenvalue weighted by Gasteiger charge is -2.05. The van der Waals surface area contributed by atoms with Crippen LogP contribution in [0, 0.1) is 9.37 Å². The van der Waals surface area contributed by atoms with E-state index in [0.29, 0.717) is 9.09 Å². The first kappa shape index (κ1) is 8.83. The van der Waals surface area contributed by atoms with Crippen molar-refractivity contribution in [3.05, 3.63) is 3.95 Å². The summed E-state index contributed by atoms with van der Waals surface area (Å²) in [5.41, 5.74) is -0.159. The number of carbonyl (C=O) groups excluding carboxylic acids is 1. The first-order chi connectivity index (χ1) is 6.10. The number of nitrogens with one attached hydrogen (secondary N) is 2. The topological polar surface area (TPSA) is 57.8 Å². The van der Waals surface area contributed by atoms with E-state index in [1.807, 2.05) is 6.92 Å². The summed E-state index contributed by atoms with van der Waals surface area (Å²) < 4.78 is 0.580. The van der Waals surface area contributed by atoms with Crippen LogP contribution in [0.2, 0.25) is 0 Å². The molecule has 1 fully saturated rings. The van der Waals surface area contributed by atoms with Crippen LogP contribution in [-0.4, -0.2) is 16.1 Å². The highest BCUT2D eigenvalue weighted by molar-refractivity contribution is 7.73. The fraction of sp³-hybridized carbons (Fsp3) is 0.571. The Morgan fingerprint density at radius 2 is 2.46 bits per heavy atom. The van der Waals surface area contributed by atoms with Crippen LogP contribution < -0.4 is 5.32 Å². The SMILES string of the molecule is CC1(C(=O)Nc2n[nH]c(=S)s2)CC1. The van der Waals surface area contributed by atoms with E-state index >= 15 is 0 Å². The van der Waals surface area contributed by atoms with Crippen molar-refractivity contribution >= 4 is 34.6 Å². The number of carbonyl (C=O) groups is 1. The van der Waals surface area contributed by atoms with Gasteiger partial charge in [0.1, 0.15) is 0 Å². The van der Waals surface area contributed by atoms with Gasteiger partial charge >= 0.3 is 0 Å². The summed E-state index contributed by atoms with van der Waals surface area (Å²) in [5.74, 6) is 0.0465. The molecule has 0 spiro atoms. The van der Waals surface area contributed by atoms with Gasteiger partial charge in [0.2, 0.25) is 11.0 Å². The Morgan fingerprint density at radius 3 is 2.92 bits per heavy atom. The molecule has 0 radical (unpaired) electrons. The molecule has 0 atom stereocenters. The molecule has 1 saturated carbocycles. The van der Waals surface area contributed by atoms with Gasteiger partial charge in [-0.1, -0.05) is 18.3 Å². The van der Waals surface area contributed by atoms with Crippen LogP contribution in [0.25, 0.3) is 0 Å². The standard InChI is InChI=1S/C7H9N3OS2/c1-7(2-3-7)4(11)8-5-9-10-6(12)13-5/h2-3H2,1H3,(H,10,12)(H,8,9,11). The Balaban J connectivity index is 2.06. The van der Waals surface area contributed by atoms with E-state index in [0.717, 1.165) is 12.8 Å². The quantitative estimate of drug-likeness (QED) is 0.741. The highest BCUT2D eigenvalue weighted by Gasteiger charge is 2.45. The first-order valence-electron chi connectivity index (χ1n) is 3.97. The third kappa shape index (κ3) is 1.78. The van der Waals surface area contributed by atoms with Crippen LogP contribution >= 0.6 is 23.6 Å². The van der Waals surface area contributed by atoms with Crippen molar-refractivity contribution in [2.75, 3.05) is 5.32 Å². The molecule has 2 rings (SSSR count). The van der Waals surface area contributed by atoms with E-state index in [-0.39, 0.29) is 11.3 Å². The number of hydrogen-bond donors (Lipinski definition) is 2. The highest BCUT2D eigenvalue weighted by Crippen LogP contribution is 2.45. The normalized spacial score (nSPS) is 18.2. The number of aromatic amines is 1. The van der Waals surface area contributed by atoms with E-state index in [2.05, 4.69) is 15.5 Å². The van der Waals surface area contributed by atoms with Gasteiger partial charge < -0.3 is 5.32 Å². The van der Waals surface area contributed by atoms with Crippen LogP contribution in [0.15, 0.2) is 0 Å². The zero-order valence-corrected chi connectivity index (χ0v) is 8.72. The highest BCUT2D eigenvalue weighted by atomic mass is 32.1. The molecule has 0 unspecified atom stereocenters. The number of nitrogens with zero attached hydrogens (tertiary/aromatic N) is 1. The van der Waals surface area contributed by atoms with Crippen molar-refractivity contribution in [2.45, 2.75) is 19.8 Å². The molecule has 1 aromatic rings. The second kappa shape index (κ2) is 2.88. The number of amides is 1. The lowest BCUT2D eigenvalue weighted by atomic mass is 10.1. The van der Waals surface area contributed by atoms with Crippen LogP contribution in [-0.2, 0) is 4.79 Å². The second-order valence-corrected chi connectivity index (χ2v) is 5.10. The zero-order valence-electron chi connectivity index (χ0n) is 7.09. The number of aromatic nitrogens is 2. The van der Waals surface area contributed by atoms with E-state index < -0.39 is 0 Å². The summed E-state index contributed by atoms with van der Waals surface area (Å²) in [5, 5.41) is 9.76. The van der Waals surface area contributed by atoms with Crippen molar-refractivity contribution in [1.82, 2.24) is 10.2 Å². The van der Waals surface area contributed by atoms with Gasteiger partial charge in [0, 0.05) is 5.41 Å². The molecule has 6 heteroatoms. The van der Waals surface area contributed by atoms with Gasteiger partial charge in [0.15, 0.2) is 3.95 Å². The average Bonchev–Trinajstić information content (AvgIpc) is 2.69. The molecule has 70 valence electrons. The van der Waals surface area contributed by atoms with Gasteiger partial charge in [-0.25, -0.2) is 0 Å². The molecule has 1 aromatic heterocycles. The third-order valence-corrected chi connectivity index (χ3v) is 3.21. The Kier molecular flexibility index (Phi) is 1.96. The average molecular weight is 215 g/mol. The maximum atomic E-state index is 11.5. The van der Waals surface area contributed by atoms with Crippen LogP contribution in [0.3, 0.4) is 0 Å². The monoisotopic (exact) mass is 215 g/mol. The number of hydrogen-bond acceptors (Lipinski definition) is 4. The predicted octanol–water partition coefficient (Wildman–Crippen LogP) is 1.94. The number of rotatable bonds is 2. The first-order valence-corrected chi connectivity index (χ1v) is 5.20. The van der Waals surface area contributed by atoms with E-state index in [1.54, 1.807) is 0 Å². The fourth-order valence-electron chi connectivity index (χ4n) is 0.946. The molecule has 1 aliphatic carbocycles. The van der Waals surface area contributed by atoms with Crippen LogP contribution in [0.5, 0.6) is 0 Å². The Bertz CT molecular complexity index is 390. The Morgan fingerprint density at radius 1 is 1.77 bits per heavy atom. The Hall–Kier alpha value is -0.750. The van der Waals surface area contributed by atoms with E-state index in [1.165, 1.54) is 11.3 Å². The molecular formula is C7H9N3OS2. The van der Waals surface area contributed by atoms with Crippen molar-refractivity contribution in [1.29, 1.82) is 0 Å². The molecule has 1 amide bonds. The molecule has 0 bridgehead atoms. The van der Waals surface area contributed by atoms with Crippen molar-refractivity contribution < 1.29 is 4.79 Å². The van der Waals surface area contributed by atoms with E-state index in [4.69, 9.17) is 12.2 Å². The smallest absolute Gasteiger partial charge is 0.232 e. The van der Waals surface area contributed by atoms with Crippen molar-refractivity contribution in [2.24, 2.45) is 5.41 Å². The zero-order chi connectivity index (χ0) is 9.47. The van der Waals surface area contributed by atoms with E-state index in [9.17, 15) is 4.79 Å². The summed E-state index contributed by atoms with van der Waals surface area (Å²) in [4.78, 5) is 11.5. The maximum absolute atomic E-state index is 11.5. The molecule has 1 aliphatic rings. The molecule has 0 saturated heterocycles. The summed E-state index contributed by atoms with van der Waals surface area (Å²) >= 11 is 6.12. The fourth-order valence-corrected chi connectivity index (χ4v) is 1.73. The van der Waals surface area contributed by atoms with Gasteiger partial charge in [0.05, 0.1) is 0 Å². The van der Waals surface area contributed by atoms with Crippen molar-refractivity contribution in [3.63, 3.8) is 0 Å². The molecule has 1 heterocycles. The summed E-state index contributed by atoms with van der Waals surface area (Å²) in [6.07, 6.45) is 1.93. The molecule has 13 heavy (non-hydrogen) atoms. The molecule has 0 aliphatic heterocycles. The summed E-state index contributed by atoms with van der Waals surface area (Å²) in [7, 11) is 0. The number of anilines is 1. The third-order valence-electron chi connectivity index (χ3n) is 2.21. The molecule has 2 N–H and O–H groups in total. The Labute approximate surface area is 84.4 Å². The minimum atomic E-state index is -0.159. The molecular weight excluding hydrogens is 206 g/mol. The van der Waals surface area contributed by atoms with Gasteiger partial charge in [0.25, 0.3) is 0 Å². The molecule has 4 nitrogen and oxygen atoms in total. The minimum Gasteiger partial charge on any atom is -0.300 e. The maximum Gasteiger partial charge on any atom is 0.232 e. The van der Waals surface area contributed by atoms with Crippen molar-refractivity contribution in [3.8, 4) is 0 Å².